The molecule has 0 aromatic heterocycles. The molecule has 0 spiro atoms. The first kappa shape index (κ1) is 22.9. The number of hydrazine groups is 1. The molecule has 1 fully saturated rings. The van der Waals surface area contributed by atoms with Crippen molar-refractivity contribution in [3.63, 3.8) is 0 Å². The number of amides is 5. The van der Waals surface area contributed by atoms with Crippen LogP contribution < -0.4 is 10.7 Å². The number of hydrogen-bond donors (Lipinski definition) is 1. The first-order valence-electron chi connectivity index (χ1n) is 9.37. The van der Waals surface area contributed by atoms with Crippen molar-refractivity contribution >= 4 is 29.4 Å². The van der Waals surface area contributed by atoms with Crippen molar-refractivity contribution in [1.82, 2.24) is 9.91 Å². The summed E-state index contributed by atoms with van der Waals surface area (Å²) in [7, 11) is 0. The van der Waals surface area contributed by atoms with Crippen LogP contribution in [0.5, 0.6) is 0 Å². The molecule has 2 aromatic rings. The van der Waals surface area contributed by atoms with E-state index in [1.165, 1.54) is 18.7 Å². The largest absolute Gasteiger partial charge is 0.332 e. The summed E-state index contributed by atoms with van der Waals surface area (Å²) in [4.78, 5) is 51.3. The van der Waals surface area contributed by atoms with Gasteiger partial charge < -0.3 is 4.90 Å². The first-order valence-corrected chi connectivity index (χ1v) is 9.37. The third-order valence-corrected chi connectivity index (χ3v) is 5.11. The predicted octanol–water partition coefficient (Wildman–Crippen LogP) is 2.68. The molecule has 0 unspecified atom stereocenters. The fourth-order valence-electron chi connectivity index (χ4n) is 3.23. The van der Waals surface area contributed by atoms with Gasteiger partial charge >= 0.3 is 18.4 Å². The van der Waals surface area contributed by atoms with Crippen LogP contribution in [0, 0.1) is 5.82 Å². The predicted molar refractivity (Wildman–Crippen MR) is 107 cm³/mol. The number of para-hydroxylation sites is 1. The number of rotatable bonds is 5. The maximum atomic E-state index is 14.7. The van der Waals surface area contributed by atoms with E-state index in [0.29, 0.717) is 5.69 Å². The fraction of sp³-hybridized carbons (Fsp3) is 0.238. The summed E-state index contributed by atoms with van der Waals surface area (Å²) in [6.07, 6.45) is -3.50. The van der Waals surface area contributed by atoms with Gasteiger partial charge in [-0.1, -0.05) is 24.3 Å². The van der Waals surface area contributed by atoms with E-state index in [9.17, 15) is 32.3 Å². The van der Waals surface area contributed by atoms with Crippen LogP contribution in [-0.2, 0) is 16.1 Å². The zero-order chi connectivity index (χ0) is 23.8. The van der Waals surface area contributed by atoms with Crippen LogP contribution in [0.1, 0.15) is 29.8 Å². The Hall–Kier alpha value is -3.73. The summed E-state index contributed by atoms with van der Waals surface area (Å²) < 4.78 is 39.6. The zero-order valence-corrected chi connectivity index (χ0v) is 17.1. The quantitative estimate of drug-likeness (QED) is 0.328. The second-order valence-electron chi connectivity index (χ2n) is 7.52. The molecule has 0 radical (unpaired) electrons. The van der Waals surface area contributed by atoms with E-state index in [1.807, 2.05) is 0 Å². The Morgan fingerprint density at radius 3 is 2.28 bits per heavy atom. The number of urea groups is 1. The number of benzene rings is 2. The van der Waals surface area contributed by atoms with Crippen LogP contribution in [0.3, 0.4) is 0 Å². The van der Waals surface area contributed by atoms with Crippen LogP contribution in [0.2, 0.25) is 0 Å². The highest BCUT2D eigenvalue weighted by Gasteiger charge is 2.51. The van der Waals surface area contributed by atoms with Crippen LogP contribution in [0.25, 0.3) is 0 Å². The van der Waals surface area contributed by atoms with Gasteiger partial charge in [-0.05, 0) is 38.1 Å². The van der Waals surface area contributed by atoms with E-state index in [1.54, 1.807) is 30.3 Å². The molecule has 0 atom stereocenters. The number of halogens is 3. The lowest BCUT2D eigenvalue weighted by Crippen LogP contribution is -2.45. The Bertz CT molecular complexity index is 1090. The summed E-state index contributed by atoms with van der Waals surface area (Å²) in [5, 5.41) is -0.289. The van der Waals surface area contributed by atoms with Crippen LogP contribution in [-0.4, -0.2) is 45.6 Å². The van der Waals surface area contributed by atoms with Gasteiger partial charge in [0.05, 0.1) is 12.2 Å². The molecule has 1 aliphatic rings. The van der Waals surface area contributed by atoms with Crippen molar-refractivity contribution in [3.05, 3.63) is 65.5 Å². The summed E-state index contributed by atoms with van der Waals surface area (Å²) in [6, 6.07) is 10.6. The summed E-state index contributed by atoms with van der Waals surface area (Å²) >= 11 is 0. The number of anilines is 1. The Balaban J connectivity index is 1.85. The van der Waals surface area contributed by atoms with Crippen LogP contribution >= 0.6 is 0 Å². The summed E-state index contributed by atoms with van der Waals surface area (Å²) in [5.74, 6) is 0.409. The van der Waals surface area contributed by atoms with Gasteiger partial charge in [-0.3, -0.25) is 14.4 Å². The Kier molecular flexibility index (Phi) is 6.04. The fourth-order valence-corrected chi connectivity index (χ4v) is 3.23. The Morgan fingerprint density at radius 1 is 1.09 bits per heavy atom. The second-order valence-corrected chi connectivity index (χ2v) is 7.52. The Morgan fingerprint density at radius 2 is 1.72 bits per heavy atom. The van der Waals surface area contributed by atoms with Gasteiger partial charge in [-0.2, -0.15) is 8.78 Å². The van der Waals surface area contributed by atoms with Gasteiger partial charge in [0.2, 0.25) is 0 Å². The molecule has 2 N–H and O–H groups in total. The van der Waals surface area contributed by atoms with E-state index in [-0.39, 0.29) is 17.1 Å². The van der Waals surface area contributed by atoms with E-state index < -0.39 is 47.1 Å². The molecule has 2 aromatic carbocycles. The molecule has 168 valence electrons. The monoisotopic (exact) mass is 448 g/mol. The maximum Gasteiger partial charge on any atom is 0.332 e. The van der Waals surface area contributed by atoms with Gasteiger partial charge in [0, 0.05) is 11.1 Å². The number of nitrogens with two attached hydrogens (primary N) is 1. The number of nitrogens with zero attached hydrogens (tertiary/aromatic N) is 3. The van der Waals surface area contributed by atoms with E-state index in [0.717, 1.165) is 23.1 Å². The number of hydrogen-bond acceptors (Lipinski definition) is 5. The minimum Gasteiger partial charge on any atom is -0.305 e. The normalized spacial score (nSPS) is 15.5. The molecule has 0 bridgehead atoms. The molecule has 5 amide bonds. The van der Waals surface area contributed by atoms with E-state index >= 15 is 0 Å². The molecule has 32 heavy (non-hydrogen) atoms. The molecule has 1 saturated heterocycles. The molecule has 8 nitrogen and oxygen atoms in total. The molecule has 11 heteroatoms. The smallest absolute Gasteiger partial charge is 0.305 e. The van der Waals surface area contributed by atoms with Crippen molar-refractivity contribution in [3.8, 4) is 0 Å². The van der Waals surface area contributed by atoms with E-state index in [2.05, 4.69) is 0 Å². The van der Waals surface area contributed by atoms with Gasteiger partial charge in [0.15, 0.2) is 0 Å². The first-order chi connectivity index (χ1) is 15.0. The van der Waals surface area contributed by atoms with Gasteiger partial charge in [-0.25, -0.2) is 24.9 Å². The van der Waals surface area contributed by atoms with Crippen molar-refractivity contribution < 1.29 is 32.3 Å². The minimum atomic E-state index is -3.50. The molecule has 3 rings (SSSR count). The Labute approximate surface area is 180 Å². The van der Waals surface area contributed by atoms with Crippen molar-refractivity contribution in [1.29, 1.82) is 0 Å². The molecule has 0 saturated carbocycles. The standard InChI is InChI=1S/C21H19F3N4O4/c1-21(2)19(31)27(14-6-4-3-5-7-14)20(32)26(21)11-13-9-8-12(10-15(13)22)17(29)28(25)18(30)16(23)24/h3-10,16H,11,25H2,1-2H3. The average molecular weight is 448 g/mol. The van der Waals surface area contributed by atoms with Gasteiger partial charge in [0.25, 0.3) is 11.8 Å². The zero-order valence-electron chi connectivity index (χ0n) is 17.1. The van der Waals surface area contributed by atoms with Crippen LogP contribution in [0.4, 0.5) is 23.7 Å². The number of alkyl halides is 2. The highest BCUT2D eigenvalue weighted by Crippen LogP contribution is 2.33. The lowest BCUT2D eigenvalue weighted by molar-refractivity contribution is -0.140. The minimum absolute atomic E-state index is 0.0329. The third-order valence-electron chi connectivity index (χ3n) is 5.11. The number of imide groups is 2. The van der Waals surface area contributed by atoms with Gasteiger partial charge in [0.1, 0.15) is 11.4 Å². The van der Waals surface area contributed by atoms with Crippen molar-refractivity contribution in [2.24, 2.45) is 5.84 Å². The van der Waals surface area contributed by atoms with Crippen molar-refractivity contribution in [2.75, 3.05) is 4.90 Å². The highest BCUT2D eigenvalue weighted by molar-refractivity contribution is 6.22. The number of carbonyl (C=O) groups excluding carboxylic acids is 4. The van der Waals surface area contributed by atoms with Crippen LogP contribution in [0.15, 0.2) is 48.5 Å². The van der Waals surface area contributed by atoms with Gasteiger partial charge in [-0.15, -0.1) is 0 Å². The molecular weight excluding hydrogens is 429 g/mol. The maximum absolute atomic E-state index is 14.7. The van der Waals surface area contributed by atoms with Crippen molar-refractivity contribution in [2.45, 2.75) is 32.4 Å². The topological polar surface area (TPSA) is 104 Å². The number of carbonyl (C=O) groups is 4. The second kappa shape index (κ2) is 8.42. The summed E-state index contributed by atoms with van der Waals surface area (Å²) in [5.41, 5.74) is -1.39. The molecular formula is C21H19F3N4O4. The lowest BCUT2D eigenvalue weighted by Gasteiger charge is -2.28. The third kappa shape index (κ3) is 3.94. The molecule has 1 heterocycles. The SMILES string of the molecule is CC1(C)C(=O)N(c2ccccc2)C(=O)N1Cc1ccc(C(=O)N(N)C(=O)C(F)F)cc1F. The average Bonchev–Trinajstić information content (AvgIpc) is 2.93. The molecule has 1 aliphatic heterocycles. The highest BCUT2D eigenvalue weighted by atomic mass is 19.3. The molecule has 0 aliphatic carbocycles. The lowest BCUT2D eigenvalue weighted by atomic mass is 10.0. The summed E-state index contributed by atoms with van der Waals surface area (Å²) in [6.45, 7) is 2.74. The van der Waals surface area contributed by atoms with E-state index in [4.69, 9.17) is 5.84 Å².